The summed E-state index contributed by atoms with van der Waals surface area (Å²) in [5.74, 6) is 0.0222. The summed E-state index contributed by atoms with van der Waals surface area (Å²) in [4.78, 5) is 41.1. The van der Waals surface area contributed by atoms with Gasteiger partial charge in [-0.15, -0.1) is 10.2 Å². The number of anilines is 1. The molecule has 11 heteroatoms. The van der Waals surface area contributed by atoms with E-state index >= 15 is 0 Å². The summed E-state index contributed by atoms with van der Waals surface area (Å²) in [6.07, 6.45) is 3.22. The second-order valence-electron chi connectivity index (χ2n) is 9.84. The highest BCUT2D eigenvalue weighted by Crippen LogP contribution is 2.34. The third kappa shape index (κ3) is 6.27. The number of carbonyl (C=O) groups excluding carboxylic acids is 3. The third-order valence-electron chi connectivity index (χ3n) is 5.94. The summed E-state index contributed by atoms with van der Waals surface area (Å²) < 4.78 is 5.50. The zero-order chi connectivity index (χ0) is 25.2. The molecule has 1 saturated carbocycles. The van der Waals surface area contributed by atoms with Crippen LogP contribution in [0.2, 0.25) is 0 Å². The zero-order valence-electron chi connectivity index (χ0n) is 20.5. The second kappa shape index (κ2) is 10.2. The fourth-order valence-electron chi connectivity index (χ4n) is 4.09. The molecular weight excluding hydrogens is 468 g/mol. The predicted molar refractivity (Wildman–Crippen MR) is 133 cm³/mol. The highest BCUT2D eigenvalue weighted by Gasteiger charge is 2.39. The predicted octanol–water partition coefficient (Wildman–Crippen LogP) is 3.96. The number of hydrogen-bond acceptors (Lipinski definition) is 7. The number of ether oxygens (including phenoxy) is 1. The lowest BCUT2D eigenvalue weighted by atomic mass is 10.0. The van der Waals surface area contributed by atoms with Crippen molar-refractivity contribution in [2.45, 2.75) is 64.1 Å². The van der Waals surface area contributed by atoms with Gasteiger partial charge in [0.15, 0.2) is 0 Å². The molecule has 1 saturated heterocycles. The largest absolute Gasteiger partial charge is 0.444 e. The SMILES string of the molecule is CNC(=O)Nc1nnc(-c2ccc(C(=O)N(C3CC3)C3CCN(C(=O)OC(C)(C)C)CC3)cc2)s1. The van der Waals surface area contributed by atoms with Gasteiger partial charge in [-0.2, -0.15) is 0 Å². The van der Waals surface area contributed by atoms with E-state index in [4.69, 9.17) is 4.74 Å². The highest BCUT2D eigenvalue weighted by molar-refractivity contribution is 7.18. The van der Waals surface area contributed by atoms with E-state index in [0.29, 0.717) is 28.8 Å². The first kappa shape index (κ1) is 24.9. The Hall–Kier alpha value is -3.21. The van der Waals surface area contributed by atoms with Gasteiger partial charge in [0.05, 0.1) is 0 Å². The number of carbonyl (C=O) groups is 3. The fourth-order valence-corrected chi connectivity index (χ4v) is 4.83. The van der Waals surface area contributed by atoms with E-state index in [-0.39, 0.29) is 30.1 Å². The Labute approximate surface area is 209 Å². The maximum absolute atomic E-state index is 13.5. The molecule has 0 radical (unpaired) electrons. The molecule has 2 aromatic rings. The second-order valence-corrected chi connectivity index (χ2v) is 10.8. The van der Waals surface area contributed by atoms with Gasteiger partial charge in [0, 0.05) is 43.3 Å². The van der Waals surface area contributed by atoms with Crippen molar-refractivity contribution in [2.24, 2.45) is 0 Å². The molecule has 35 heavy (non-hydrogen) atoms. The van der Waals surface area contributed by atoms with Crippen LogP contribution in [0, 0.1) is 0 Å². The molecule has 0 bridgehead atoms. The van der Waals surface area contributed by atoms with E-state index in [2.05, 4.69) is 20.8 Å². The van der Waals surface area contributed by atoms with Crippen molar-refractivity contribution >= 4 is 34.5 Å². The van der Waals surface area contributed by atoms with Gasteiger partial charge in [0.25, 0.3) is 5.91 Å². The summed E-state index contributed by atoms with van der Waals surface area (Å²) in [6, 6.07) is 7.36. The van der Waals surface area contributed by atoms with E-state index in [1.807, 2.05) is 49.9 Å². The van der Waals surface area contributed by atoms with Gasteiger partial charge in [-0.05, 0) is 58.6 Å². The lowest BCUT2D eigenvalue weighted by molar-refractivity contribution is 0.0142. The minimum Gasteiger partial charge on any atom is -0.444 e. The quantitative estimate of drug-likeness (QED) is 0.642. The standard InChI is InChI=1S/C24H32N6O4S/c1-24(2,3)34-23(33)29-13-11-18(12-14-29)30(17-9-10-17)20(31)16-7-5-15(6-8-16)19-27-28-22(35-19)26-21(32)25-4/h5-8,17-18H,9-14H2,1-4H3,(H2,25,26,28,32). The molecule has 0 atom stereocenters. The first-order chi connectivity index (χ1) is 16.6. The molecule has 4 amide bonds. The van der Waals surface area contributed by atoms with Crippen molar-refractivity contribution in [2.75, 3.05) is 25.5 Å². The number of nitrogens with zero attached hydrogens (tertiary/aromatic N) is 4. The fraction of sp³-hybridized carbons (Fsp3) is 0.542. The van der Waals surface area contributed by atoms with Gasteiger partial charge < -0.3 is 19.9 Å². The molecule has 188 valence electrons. The van der Waals surface area contributed by atoms with Crippen LogP contribution in [-0.2, 0) is 4.74 Å². The Balaban J connectivity index is 1.39. The van der Waals surface area contributed by atoms with Crippen LogP contribution in [0.4, 0.5) is 14.7 Å². The van der Waals surface area contributed by atoms with E-state index in [0.717, 1.165) is 31.2 Å². The summed E-state index contributed by atoms with van der Waals surface area (Å²) in [7, 11) is 1.53. The lowest BCUT2D eigenvalue weighted by Crippen LogP contribution is -2.50. The highest BCUT2D eigenvalue weighted by atomic mass is 32.1. The van der Waals surface area contributed by atoms with Gasteiger partial charge >= 0.3 is 12.1 Å². The van der Waals surface area contributed by atoms with Crippen LogP contribution in [-0.4, -0.2) is 75.9 Å². The molecule has 1 aromatic carbocycles. The first-order valence-electron chi connectivity index (χ1n) is 11.9. The van der Waals surface area contributed by atoms with Crippen LogP contribution in [0.3, 0.4) is 0 Å². The maximum Gasteiger partial charge on any atom is 0.410 e. The van der Waals surface area contributed by atoms with E-state index < -0.39 is 5.60 Å². The molecular formula is C24H32N6O4S. The maximum atomic E-state index is 13.5. The Kier molecular flexibility index (Phi) is 7.25. The average molecular weight is 501 g/mol. The average Bonchev–Trinajstić information content (AvgIpc) is 3.55. The Bertz CT molecular complexity index is 1070. The third-order valence-corrected chi connectivity index (χ3v) is 6.82. The van der Waals surface area contributed by atoms with Crippen molar-refractivity contribution in [3.05, 3.63) is 29.8 Å². The van der Waals surface area contributed by atoms with Crippen LogP contribution in [0.5, 0.6) is 0 Å². The van der Waals surface area contributed by atoms with Gasteiger partial charge in [-0.1, -0.05) is 23.5 Å². The Morgan fingerprint density at radius 2 is 1.66 bits per heavy atom. The summed E-state index contributed by atoms with van der Waals surface area (Å²) in [6.45, 7) is 6.75. The van der Waals surface area contributed by atoms with Crippen molar-refractivity contribution in [1.82, 2.24) is 25.3 Å². The number of amides is 4. The van der Waals surface area contributed by atoms with Crippen LogP contribution < -0.4 is 10.6 Å². The van der Waals surface area contributed by atoms with E-state index in [1.165, 1.54) is 18.4 Å². The van der Waals surface area contributed by atoms with Crippen LogP contribution in [0.15, 0.2) is 24.3 Å². The van der Waals surface area contributed by atoms with E-state index in [1.54, 1.807) is 4.90 Å². The smallest absolute Gasteiger partial charge is 0.410 e. The number of benzene rings is 1. The molecule has 1 aliphatic heterocycles. The molecule has 0 spiro atoms. The number of nitrogens with one attached hydrogen (secondary N) is 2. The molecule has 2 fully saturated rings. The molecule has 2 N–H and O–H groups in total. The van der Waals surface area contributed by atoms with Gasteiger partial charge in [0.1, 0.15) is 10.6 Å². The van der Waals surface area contributed by atoms with Crippen molar-refractivity contribution in [3.63, 3.8) is 0 Å². The number of aromatic nitrogens is 2. The number of rotatable bonds is 5. The molecule has 10 nitrogen and oxygen atoms in total. The van der Waals surface area contributed by atoms with Gasteiger partial charge in [-0.25, -0.2) is 9.59 Å². The number of piperidine rings is 1. The molecule has 4 rings (SSSR count). The van der Waals surface area contributed by atoms with Crippen LogP contribution >= 0.6 is 11.3 Å². The monoisotopic (exact) mass is 500 g/mol. The molecule has 1 aliphatic carbocycles. The number of hydrogen-bond donors (Lipinski definition) is 2. The topological polar surface area (TPSA) is 117 Å². The van der Waals surface area contributed by atoms with Gasteiger partial charge in [-0.3, -0.25) is 10.1 Å². The minimum atomic E-state index is -0.521. The zero-order valence-corrected chi connectivity index (χ0v) is 21.4. The molecule has 1 aromatic heterocycles. The number of urea groups is 1. The number of likely N-dealkylation sites (tertiary alicyclic amines) is 1. The van der Waals surface area contributed by atoms with E-state index in [9.17, 15) is 14.4 Å². The summed E-state index contributed by atoms with van der Waals surface area (Å²) >= 11 is 1.26. The van der Waals surface area contributed by atoms with Crippen molar-refractivity contribution in [3.8, 4) is 10.6 Å². The van der Waals surface area contributed by atoms with Crippen LogP contribution in [0.25, 0.3) is 10.6 Å². The Morgan fingerprint density at radius 1 is 1.03 bits per heavy atom. The molecule has 0 unspecified atom stereocenters. The Morgan fingerprint density at radius 3 is 2.23 bits per heavy atom. The van der Waals surface area contributed by atoms with Crippen LogP contribution in [0.1, 0.15) is 56.8 Å². The normalized spacial score (nSPS) is 16.5. The molecule has 2 heterocycles. The van der Waals surface area contributed by atoms with Gasteiger partial charge in [0.2, 0.25) is 5.13 Å². The first-order valence-corrected chi connectivity index (χ1v) is 12.7. The summed E-state index contributed by atoms with van der Waals surface area (Å²) in [5.41, 5.74) is 0.934. The van der Waals surface area contributed by atoms with Crippen molar-refractivity contribution in [1.29, 1.82) is 0 Å². The molecule has 2 aliphatic rings. The van der Waals surface area contributed by atoms with Crippen molar-refractivity contribution < 1.29 is 19.1 Å². The minimum absolute atomic E-state index is 0.0222. The summed E-state index contributed by atoms with van der Waals surface area (Å²) in [5, 5.41) is 14.2. The lowest BCUT2D eigenvalue weighted by Gasteiger charge is -2.39.